The summed E-state index contributed by atoms with van der Waals surface area (Å²) in [5.74, 6) is -0.417. The number of carboxylic acid groups (broad SMARTS) is 1. The summed E-state index contributed by atoms with van der Waals surface area (Å²) in [6, 6.07) is 9.02. The quantitative estimate of drug-likeness (QED) is 0.156. The number of nitrogens with zero attached hydrogens (tertiary/aromatic N) is 4. The first-order valence-electron chi connectivity index (χ1n) is 15.0. The summed E-state index contributed by atoms with van der Waals surface area (Å²) in [5.41, 5.74) is 1.05. The van der Waals surface area contributed by atoms with Gasteiger partial charge in [-0.1, -0.05) is 31.2 Å². The number of aliphatic hydroxyl groups excluding tert-OH is 1. The molecule has 0 fully saturated rings. The van der Waals surface area contributed by atoms with Gasteiger partial charge in [0.25, 0.3) is 0 Å². The van der Waals surface area contributed by atoms with Crippen molar-refractivity contribution in [3.8, 4) is 0 Å². The molecular weight excluding hydrogens is 606 g/mol. The second-order valence-corrected chi connectivity index (χ2v) is 12.0. The Hall–Kier alpha value is -4.52. The Balaban J connectivity index is 1.41. The molecule has 0 saturated carbocycles. The minimum atomic E-state index is -4.48. The molecule has 2 atom stereocenters. The lowest BCUT2D eigenvalue weighted by Gasteiger charge is -2.37. The van der Waals surface area contributed by atoms with E-state index in [2.05, 4.69) is 15.1 Å². The molecule has 0 bridgehead atoms. The van der Waals surface area contributed by atoms with Crippen LogP contribution in [0.4, 0.5) is 23.2 Å². The van der Waals surface area contributed by atoms with Crippen molar-refractivity contribution < 1.29 is 37.4 Å². The van der Waals surface area contributed by atoms with Crippen LogP contribution >= 0.6 is 0 Å². The van der Waals surface area contributed by atoms with Crippen molar-refractivity contribution >= 4 is 34.2 Å². The van der Waals surface area contributed by atoms with Gasteiger partial charge in [-0.2, -0.15) is 13.2 Å². The van der Waals surface area contributed by atoms with Gasteiger partial charge in [0.2, 0.25) is 0 Å². The van der Waals surface area contributed by atoms with E-state index in [1.807, 2.05) is 26.0 Å². The number of nitrogens with one attached hydrogen (secondary N) is 1. The van der Waals surface area contributed by atoms with E-state index in [4.69, 9.17) is 14.9 Å². The first-order chi connectivity index (χ1) is 21.7. The molecule has 3 heterocycles. The zero-order valence-corrected chi connectivity index (χ0v) is 25.6. The van der Waals surface area contributed by atoms with Crippen molar-refractivity contribution in [1.29, 1.82) is 0 Å². The van der Waals surface area contributed by atoms with E-state index in [9.17, 15) is 27.5 Å². The number of carbonyl (C=O) groups is 1. The van der Waals surface area contributed by atoms with E-state index < -0.39 is 35.4 Å². The highest BCUT2D eigenvalue weighted by molar-refractivity contribution is 6.01. The molecule has 46 heavy (non-hydrogen) atoms. The normalized spacial score (nSPS) is 22.1. The van der Waals surface area contributed by atoms with Gasteiger partial charge in [-0.15, -0.1) is 0 Å². The topological polar surface area (TPSA) is 123 Å². The summed E-state index contributed by atoms with van der Waals surface area (Å²) in [6.07, 6.45) is 0.0175. The lowest BCUT2D eigenvalue weighted by Crippen LogP contribution is -2.45. The number of aliphatic imine (C=N–C) groups is 1. The van der Waals surface area contributed by atoms with Gasteiger partial charge in [-0.05, 0) is 68.1 Å². The van der Waals surface area contributed by atoms with Gasteiger partial charge >= 0.3 is 12.1 Å². The Morgan fingerprint density at radius 3 is 2.61 bits per heavy atom. The standard InChI is InChI=1S/C33H35F4N5O4/c1-19(2)16-24-25(38-28(6-4-5-7-29(43)44)42(30(24)45)23-12-9-21(34)10-13-23)15-11-22-18-32(3,46-41-22)31-39-26-14-8-20(33(35,36)37)17-27(26)40-31/h8-10,12-17,19,30,45H,4-7,11,18H2,1-3H3,(H,39,40)(H,43,44)/b24-16?,25-15+/t30-,32-/m0/s1. The van der Waals surface area contributed by atoms with Gasteiger partial charge in [0.1, 0.15) is 11.7 Å². The van der Waals surface area contributed by atoms with E-state index in [1.54, 1.807) is 24.0 Å². The highest BCUT2D eigenvalue weighted by atomic mass is 19.4. The number of rotatable bonds is 10. The van der Waals surface area contributed by atoms with E-state index in [0.29, 0.717) is 72.0 Å². The van der Waals surface area contributed by atoms with Gasteiger partial charge in [-0.3, -0.25) is 9.69 Å². The predicted octanol–water partition coefficient (Wildman–Crippen LogP) is 7.45. The molecule has 2 aliphatic heterocycles. The van der Waals surface area contributed by atoms with E-state index in [0.717, 1.165) is 12.1 Å². The van der Waals surface area contributed by atoms with Gasteiger partial charge in [0.15, 0.2) is 17.7 Å². The van der Waals surface area contributed by atoms with E-state index in [1.165, 1.54) is 18.2 Å². The molecule has 0 saturated heterocycles. The summed E-state index contributed by atoms with van der Waals surface area (Å²) >= 11 is 0. The largest absolute Gasteiger partial charge is 0.481 e. The Kier molecular flexibility index (Phi) is 9.34. The lowest BCUT2D eigenvalue weighted by molar-refractivity contribution is -0.138. The monoisotopic (exact) mass is 641 g/mol. The summed E-state index contributed by atoms with van der Waals surface area (Å²) in [7, 11) is 0. The molecule has 13 heteroatoms. The zero-order valence-electron chi connectivity index (χ0n) is 25.6. The first-order valence-corrected chi connectivity index (χ1v) is 15.0. The van der Waals surface area contributed by atoms with Crippen molar-refractivity contribution in [2.75, 3.05) is 4.90 Å². The van der Waals surface area contributed by atoms with Crippen LogP contribution in [0.5, 0.6) is 0 Å². The van der Waals surface area contributed by atoms with Crippen LogP contribution in [-0.4, -0.2) is 43.9 Å². The van der Waals surface area contributed by atoms with Crippen LogP contribution in [0.3, 0.4) is 0 Å². The number of alkyl halides is 3. The maximum Gasteiger partial charge on any atom is 0.416 e. The molecule has 0 amide bonds. The van der Waals surface area contributed by atoms with Crippen LogP contribution < -0.4 is 4.90 Å². The summed E-state index contributed by atoms with van der Waals surface area (Å²) < 4.78 is 53.4. The first kappa shape index (κ1) is 32.9. The highest BCUT2D eigenvalue weighted by Gasteiger charge is 2.40. The number of imidazole rings is 1. The number of aromatic amines is 1. The molecule has 1 aromatic heterocycles. The van der Waals surface area contributed by atoms with Crippen molar-refractivity contribution in [3.05, 3.63) is 83.1 Å². The molecule has 244 valence electrons. The fraction of sp³-hybridized carbons (Fsp3) is 0.394. The van der Waals surface area contributed by atoms with E-state index in [-0.39, 0.29) is 17.9 Å². The number of aliphatic carboxylic acids is 1. The molecule has 0 aliphatic carbocycles. The van der Waals surface area contributed by atoms with Gasteiger partial charge in [0, 0.05) is 36.9 Å². The second kappa shape index (κ2) is 13.1. The van der Waals surface area contributed by atoms with Crippen molar-refractivity contribution in [2.24, 2.45) is 16.1 Å². The molecule has 2 aromatic carbocycles. The summed E-state index contributed by atoms with van der Waals surface area (Å²) in [5, 5.41) is 25.0. The molecule has 0 spiro atoms. The zero-order chi connectivity index (χ0) is 33.2. The number of oxime groups is 1. The van der Waals surface area contributed by atoms with Gasteiger partial charge in [-0.25, -0.2) is 14.4 Å². The predicted molar refractivity (Wildman–Crippen MR) is 166 cm³/mol. The molecular formula is C33H35F4N5O4. The minimum absolute atomic E-state index is 0.000887. The molecule has 9 nitrogen and oxygen atoms in total. The minimum Gasteiger partial charge on any atom is -0.481 e. The number of fused-ring (bicyclic) bond motifs is 1. The Labute approximate surface area is 263 Å². The summed E-state index contributed by atoms with van der Waals surface area (Å²) in [4.78, 5) is 30.8. The molecule has 0 unspecified atom stereocenters. The van der Waals surface area contributed by atoms with Crippen molar-refractivity contribution in [1.82, 2.24) is 9.97 Å². The number of unbranched alkanes of at least 4 members (excludes halogenated alkanes) is 1. The smallest absolute Gasteiger partial charge is 0.416 e. The van der Waals surface area contributed by atoms with Crippen LogP contribution in [0.25, 0.3) is 11.0 Å². The number of carboxylic acids is 1. The van der Waals surface area contributed by atoms with Crippen LogP contribution in [-0.2, 0) is 21.4 Å². The molecule has 0 radical (unpaired) electrons. The van der Waals surface area contributed by atoms with E-state index >= 15 is 0 Å². The second-order valence-electron chi connectivity index (χ2n) is 12.0. The van der Waals surface area contributed by atoms with Crippen molar-refractivity contribution in [3.63, 3.8) is 0 Å². The van der Waals surface area contributed by atoms with Gasteiger partial charge < -0.3 is 20.0 Å². The highest BCUT2D eigenvalue weighted by Crippen LogP contribution is 2.37. The fourth-order valence-corrected chi connectivity index (χ4v) is 5.50. The molecule has 3 aromatic rings. The third-order valence-electron chi connectivity index (χ3n) is 7.76. The Bertz CT molecular complexity index is 1730. The average Bonchev–Trinajstić information content (AvgIpc) is 3.60. The molecule has 2 aliphatic rings. The Morgan fingerprint density at radius 2 is 1.93 bits per heavy atom. The average molecular weight is 642 g/mol. The lowest BCUT2D eigenvalue weighted by atomic mass is 9.96. The molecule has 5 rings (SSSR count). The summed E-state index contributed by atoms with van der Waals surface area (Å²) in [6.45, 7) is 5.69. The van der Waals surface area contributed by atoms with Crippen LogP contribution in [0.1, 0.15) is 70.7 Å². The Morgan fingerprint density at radius 1 is 1.20 bits per heavy atom. The van der Waals surface area contributed by atoms with Crippen LogP contribution in [0.15, 0.2) is 76.0 Å². The molecule has 3 N–H and O–H groups in total. The third-order valence-corrected chi connectivity index (χ3v) is 7.76. The number of benzene rings is 2. The number of halogens is 4. The van der Waals surface area contributed by atoms with Crippen LogP contribution in [0.2, 0.25) is 0 Å². The van der Waals surface area contributed by atoms with Gasteiger partial charge in [0.05, 0.1) is 28.0 Å². The number of aliphatic hydroxyl groups is 1. The number of aromatic nitrogens is 2. The number of hydrogen-bond acceptors (Lipinski definition) is 7. The fourth-order valence-electron chi connectivity index (χ4n) is 5.50. The van der Waals surface area contributed by atoms with Crippen molar-refractivity contribution in [2.45, 2.75) is 77.3 Å². The maximum absolute atomic E-state index is 13.8. The number of hydrogen-bond donors (Lipinski definition) is 3. The maximum atomic E-state index is 13.8. The number of H-pyrrole nitrogens is 1. The van der Waals surface area contributed by atoms with Crippen LogP contribution in [0, 0.1) is 11.7 Å². The third kappa shape index (κ3) is 7.30. The number of allylic oxidation sites excluding steroid dienone is 2. The SMILES string of the molecule is CC(C)C=C1/C(=C\CC2=NO[C@](C)(c3nc4ccc(C(F)(F)F)cc4[nH]3)C2)N=C(CCCCC(=O)O)N(c2ccc(F)cc2)[C@H]1O. The number of anilines is 1. The number of amidine groups is 1.